The topological polar surface area (TPSA) is 72.2 Å². The summed E-state index contributed by atoms with van der Waals surface area (Å²) in [5.41, 5.74) is 1.20. The monoisotopic (exact) mass is 365 g/mol. The maximum Gasteiger partial charge on any atom is 0.212 e. The fourth-order valence-corrected chi connectivity index (χ4v) is 3.24. The molecule has 27 heavy (non-hydrogen) atoms. The van der Waals surface area contributed by atoms with Gasteiger partial charge in [-0.1, -0.05) is 6.07 Å². The van der Waals surface area contributed by atoms with Crippen LogP contribution in [0.15, 0.2) is 42.9 Å². The van der Waals surface area contributed by atoms with E-state index in [1.54, 1.807) is 18.0 Å². The van der Waals surface area contributed by atoms with E-state index < -0.39 is 0 Å². The molecule has 0 aliphatic carbocycles. The largest absolute Gasteiger partial charge is 0.481 e. The summed E-state index contributed by atoms with van der Waals surface area (Å²) in [5.74, 6) is 3.16. The van der Waals surface area contributed by atoms with Crippen LogP contribution in [0.5, 0.6) is 5.88 Å². The predicted octanol–water partition coefficient (Wildman–Crippen LogP) is 1.70. The minimum absolute atomic E-state index is 0.649. The van der Waals surface area contributed by atoms with Gasteiger partial charge in [-0.15, -0.1) is 0 Å². The Labute approximate surface area is 158 Å². The molecule has 8 nitrogen and oxygen atoms in total. The zero-order valence-electron chi connectivity index (χ0n) is 15.6. The van der Waals surface area contributed by atoms with Crippen LogP contribution in [-0.4, -0.2) is 62.9 Å². The average molecular weight is 365 g/mol. The summed E-state index contributed by atoms with van der Waals surface area (Å²) in [6.07, 6.45) is 5.53. The van der Waals surface area contributed by atoms with Crippen molar-refractivity contribution in [3.8, 4) is 11.7 Å². The molecule has 1 aliphatic heterocycles. The van der Waals surface area contributed by atoms with Crippen LogP contribution in [0.4, 0.5) is 5.82 Å². The molecule has 3 aromatic heterocycles. The van der Waals surface area contributed by atoms with Crippen molar-refractivity contribution in [1.82, 2.24) is 29.6 Å². The number of ether oxygens (including phenoxy) is 1. The third kappa shape index (κ3) is 4.06. The van der Waals surface area contributed by atoms with E-state index in [9.17, 15) is 0 Å². The van der Waals surface area contributed by atoms with Crippen molar-refractivity contribution in [2.45, 2.75) is 13.5 Å². The number of hydrogen-bond acceptors (Lipinski definition) is 7. The molecule has 1 saturated heterocycles. The van der Waals surface area contributed by atoms with Gasteiger partial charge in [0.2, 0.25) is 5.88 Å². The van der Waals surface area contributed by atoms with Crippen molar-refractivity contribution in [2.24, 2.45) is 0 Å². The molecule has 4 heterocycles. The Balaban J connectivity index is 1.40. The molecule has 3 aromatic rings. The molecule has 1 fully saturated rings. The van der Waals surface area contributed by atoms with Crippen molar-refractivity contribution in [1.29, 1.82) is 0 Å². The molecule has 4 rings (SSSR count). The number of rotatable bonds is 5. The number of anilines is 1. The van der Waals surface area contributed by atoms with E-state index in [0.29, 0.717) is 5.88 Å². The van der Waals surface area contributed by atoms with E-state index in [0.717, 1.165) is 50.2 Å². The number of methoxy groups -OCH3 is 1. The number of hydrogen-bond donors (Lipinski definition) is 0. The third-order valence-electron chi connectivity index (χ3n) is 4.66. The summed E-state index contributed by atoms with van der Waals surface area (Å²) in [7, 11) is 1.63. The molecule has 0 bridgehead atoms. The normalized spacial score (nSPS) is 15.1. The van der Waals surface area contributed by atoms with E-state index in [-0.39, 0.29) is 0 Å². The van der Waals surface area contributed by atoms with E-state index in [1.807, 2.05) is 37.5 Å². The number of aromatic nitrogens is 5. The molecule has 0 amide bonds. The summed E-state index contributed by atoms with van der Waals surface area (Å²) in [6, 6.07) is 7.88. The summed E-state index contributed by atoms with van der Waals surface area (Å²) in [4.78, 5) is 18.1. The molecular formula is C19H23N7O. The van der Waals surface area contributed by atoms with E-state index in [4.69, 9.17) is 4.74 Å². The SMILES string of the molecule is COc1ccc(CN2CCN(c3cc(-n4cccn4)nc(C)n3)CC2)cn1. The first kappa shape index (κ1) is 17.4. The van der Waals surface area contributed by atoms with E-state index >= 15 is 0 Å². The first-order valence-corrected chi connectivity index (χ1v) is 9.03. The van der Waals surface area contributed by atoms with Gasteiger partial charge in [-0.05, 0) is 18.6 Å². The smallest absolute Gasteiger partial charge is 0.212 e. The van der Waals surface area contributed by atoms with Crippen molar-refractivity contribution in [3.05, 3.63) is 54.2 Å². The molecule has 140 valence electrons. The lowest BCUT2D eigenvalue weighted by molar-refractivity contribution is 0.249. The minimum atomic E-state index is 0.649. The van der Waals surface area contributed by atoms with Crippen LogP contribution in [0.25, 0.3) is 5.82 Å². The van der Waals surface area contributed by atoms with Crippen LogP contribution in [0.1, 0.15) is 11.4 Å². The van der Waals surface area contributed by atoms with Crippen molar-refractivity contribution >= 4 is 5.82 Å². The van der Waals surface area contributed by atoms with Crippen molar-refractivity contribution in [3.63, 3.8) is 0 Å². The van der Waals surface area contributed by atoms with Crippen LogP contribution in [0, 0.1) is 6.92 Å². The van der Waals surface area contributed by atoms with E-state index in [2.05, 4.69) is 35.9 Å². The van der Waals surface area contributed by atoms with Crippen molar-refractivity contribution in [2.75, 3.05) is 38.2 Å². The molecule has 8 heteroatoms. The maximum atomic E-state index is 5.12. The third-order valence-corrected chi connectivity index (χ3v) is 4.66. The number of aryl methyl sites for hydroxylation is 1. The van der Waals surface area contributed by atoms with Crippen LogP contribution in [0.2, 0.25) is 0 Å². The summed E-state index contributed by atoms with van der Waals surface area (Å²) in [6.45, 7) is 6.63. The fraction of sp³-hybridized carbons (Fsp3) is 0.368. The zero-order valence-corrected chi connectivity index (χ0v) is 15.6. The zero-order chi connectivity index (χ0) is 18.6. The van der Waals surface area contributed by atoms with Crippen LogP contribution >= 0.6 is 0 Å². The van der Waals surface area contributed by atoms with Gasteiger partial charge < -0.3 is 9.64 Å². The van der Waals surface area contributed by atoms with Gasteiger partial charge in [0.15, 0.2) is 5.82 Å². The van der Waals surface area contributed by atoms with Gasteiger partial charge in [0.25, 0.3) is 0 Å². The summed E-state index contributed by atoms with van der Waals surface area (Å²) in [5, 5.41) is 4.27. The first-order chi connectivity index (χ1) is 13.2. The highest BCUT2D eigenvalue weighted by Gasteiger charge is 2.19. The van der Waals surface area contributed by atoms with Gasteiger partial charge in [-0.3, -0.25) is 4.90 Å². The number of nitrogens with zero attached hydrogens (tertiary/aromatic N) is 7. The Morgan fingerprint density at radius 1 is 1.07 bits per heavy atom. The lowest BCUT2D eigenvalue weighted by Crippen LogP contribution is -2.46. The standard InChI is InChI=1S/C19H23N7O/c1-15-22-17(12-18(23-15)26-7-3-6-21-26)25-10-8-24(9-11-25)14-16-4-5-19(27-2)20-13-16/h3-7,12-13H,8-11,14H2,1-2H3. The lowest BCUT2D eigenvalue weighted by atomic mass is 10.2. The van der Waals surface area contributed by atoms with Crippen molar-refractivity contribution < 1.29 is 4.74 Å². The quantitative estimate of drug-likeness (QED) is 0.681. The lowest BCUT2D eigenvalue weighted by Gasteiger charge is -2.35. The molecular weight excluding hydrogens is 342 g/mol. The summed E-state index contributed by atoms with van der Waals surface area (Å²) >= 11 is 0. The highest BCUT2D eigenvalue weighted by molar-refractivity contribution is 5.44. The van der Waals surface area contributed by atoms with Crippen LogP contribution < -0.4 is 9.64 Å². The molecule has 0 unspecified atom stereocenters. The molecule has 0 saturated carbocycles. The van der Waals surface area contributed by atoms with Gasteiger partial charge >= 0.3 is 0 Å². The second-order valence-corrected chi connectivity index (χ2v) is 6.55. The fourth-order valence-electron chi connectivity index (χ4n) is 3.24. The van der Waals surface area contributed by atoms with E-state index in [1.165, 1.54) is 5.56 Å². The molecule has 0 N–H and O–H groups in total. The molecule has 1 aliphatic rings. The van der Waals surface area contributed by atoms with Crippen LogP contribution in [0.3, 0.4) is 0 Å². The Morgan fingerprint density at radius 2 is 1.89 bits per heavy atom. The minimum Gasteiger partial charge on any atom is -0.481 e. The van der Waals surface area contributed by atoms with Gasteiger partial charge in [0.05, 0.1) is 7.11 Å². The molecule has 0 spiro atoms. The highest BCUT2D eigenvalue weighted by atomic mass is 16.5. The highest BCUT2D eigenvalue weighted by Crippen LogP contribution is 2.18. The maximum absolute atomic E-state index is 5.12. The molecule has 0 atom stereocenters. The van der Waals surface area contributed by atoms with Gasteiger partial charge in [0.1, 0.15) is 11.6 Å². The first-order valence-electron chi connectivity index (χ1n) is 9.03. The molecule has 0 aromatic carbocycles. The van der Waals surface area contributed by atoms with Crippen LogP contribution in [-0.2, 0) is 6.54 Å². The number of pyridine rings is 1. The Kier molecular flexibility index (Phi) is 4.97. The predicted molar refractivity (Wildman–Crippen MR) is 102 cm³/mol. The second kappa shape index (κ2) is 7.71. The van der Waals surface area contributed by atoms with Gasteiger partial charge in [-0.2, -0.15) is 5.10 Å². The van der Waals surface area contributed by atoms with Gasteiger partial charge in [-0.25, -0.2) is 19.6 Å². The summed E-state index contributed by atoms with van der Waals surface area (Å²) < 4.78 is 6.89. The van der Waals surface area contributed by atoms with Gasteiger partial charge in [0, 0.05) is 63.4 Å². The second-order valence-electron chi connectivity index (χ2n) is 6.55. The number of piperazine rings is 1. The Morgan fingerprint density at radius 3 is 2.56 bits per heavy atom. The molecule has 0 radical (unpaired) electrons. The Bertz CT molecular complexity index is 872. The average Bonchev–Trinajstić information content (AvgIpc) is 3.24. The Hall–Kier alpha value is -3.00.